The molecular formula is C9H16N4O. The number of amidine groups is 1. The number of rotatable bonds is 4. The Balaban J connectivity index is 2.59. The average molecular weight is 196 g/mol. The summed E-state index contributed by atoms with van der Waals surface area (Å²) < 4.78 is 1.87. The second kappa shape index (κ2) is 4.64. The minimum absolute atomic E-state index is 0.203. The van der Waals surface area contributed by atoms with Crippen molar-refractivity contribution >= 4 is 5.84 Å². The van der Waals surface area contributed by atoms with Gasteiger partial charge in [-0.15, -0.1) is 0 Å². The van der Waals surface area contributed by atoms with Crippen LogP contribution in [0, 0.1) is 5.92 Å². The van der Waals surface area contributed by atoms with Crippen LogP contribution in [0.15, 0.2) is 17.5 Å². The van der Waals surface area contributed by atoms with Crippen LogP contribution in [0.4, 0.5) is 0 Å². The van der Waals surface area contributed by atoms with Gasteiger partial charge in [0.15, 0.2) is 0 Å². The van der Waals surface area contributed by atoms with E-state index in [1.165, 1.54) is 0 Å². The molecule has 0 radical (unpaired) electrons. The standard InChI is InChI=1S/C9H16N4O/c1-7(2)5-13-6-8(4-11-13)3-9(10)12-14/h4,6-7,14H,3,5H2,1-2H3,(H2,10,12). The molecule has 0 saturated heterocycles. The zero-order valence-corrected chi connectivity index (χ0v) is 8.51. The Kier molecular flexibility index (Phi) is 3.50. The van der Waals surface area contributed by atoms with E-state index in [0.717, 1.165) is 12.1 Å². The second-order valence-electron chi connectivity index (χ2n) is 3.73. The van der Waals surface area contributed by atoms with Crippen LogP contribution < -0.4 is 5.73 Å². The van der Waals surface area contributed by atoms with Gasteiger partial charge >= 0.3 is 0 Å². The van der Waals surface area contributed by atoms with E-state index in [-0.39, 0.29) is 5.84 Å². The van der Waals surface area contributed by atoms with Gasteiger partial charge in [0.2, 0.25) is 0 Å². The smallest absolute Gasteiger partial charge is 0.143 e. The van der Waals surface area contributed by atoms with Crippen molar-refractivity contribution in [1.29, 1.82) is 0 Å². The van der Waals surface area contributed by atoms with Crippen LogP contribution in [0.3, 0.4) is 0 Å². The highest BCUT2D eigenvalue weighted by molar-refractivity contribution is 5.81. The molecule has 0 amide bonds. The molecule has 3 N–H and O–H groups in total. The predicted molar refractivity (Wildman–Crippen MR) is 54.2 cm³/mol. The molecule has 0 aromatic carbocycles. The number of oxime groups is 1. The summed E-state index contributed by atoms with van der Waals surface area (Å²) in [4.78, 5) is 0. The van der Waals surface area contributed by atoms with Crippen LogP contribution in [-0.2, 0) is 13.0 Å². The molecule has 0 bridgehead atoms. The molecule has 1 rings (SSSR count). The normalized spacial score (nSPS) is 12.4. The lowest BCUT2D eigenvalue weighted by molar-refractivity contribution is 0.317. The van der Waals surface area contributed by atoms with Crippen LogP contribution in [0.5, 0.6) is 0 Å². The maximum Gasteiger partial charge on any atom is 0.143 e. The van der Waals surface area contributed by atoms with E-state index in [1.807, 2.05) is 10.9 Å². The third kappa shape index (κ3) is 3.08. The summed E-state index contributed by atoms with van der Waals surface area (Å²) in [6.45, 7) is 5.14. The summed E-state index contributed by atoms with van der Waals surface area (Å²) in [5, 5.41) is 15.5. The first-order valence-electron chi connectivity index (χ1n) is 4.59. The quantitative estimate of drug-likeness (QED) is 0.324. The number of nitrogens with zero attached hydrogens (tertiary/aromatic N) is 3. The van der Waals surface area contributed by atoms with Crippen molar-refractivity contribution in [3.63, 3.8) is 0 Å². The Morgan fingerprint density at radius 1 is 1.71 bits per heavy atom. The first-order valence-corrected chi connectivity index (χ1v) is 4.59. The molecule has 5 nitrogen and oxygen atoms in total. The molecule has 0 fully saturated rings. The molecule has 1 aromatic rings. The molecule has 0 aliphatic rings. The van der Waals surface area contributed by atoms with Crippen molar-refractivity contribution in [1.82, 2.24) is 9.78 Å². The van der Waals surface area contributed by atoms with Gasteiger partial charge in [-0.1, -0.05) is 19.0 Å². The fraction of sp³-hybridized carbons (Fsp3) is 0.556. The minimum Gasteiger partial charge on any atom is -0.409 e. The van der Waals surface area contributed by atoms with Crippen molar-refractivity contribution in [3.8, 4) is 0 Å². The molecule has 0 spiro atoms. The third-order valence-corrected chi connectivity index (χ3v) is 1.75. The van der Waals surface area contributed by atoms with Gasteiger partial charge < -0.3 is 10.9 Å². The molecule has 5 heteroatoms. The first-order chi connectivity index (χ1) is 6.61. The van der Waals surface area contributed by atoms with E-state index >= 15 is 0 Å². The van der Waals surface area contributed by atoms with Crippen LogP contribution >= 0.6 is 0 Å². The molecule has 1 aromatic heterocycles. The van der Waals surface area contributed by atoms with E-state index in [9.17, 15) is 0 Å². The highest BCUT2D eigenvalue weighted by Crippen LogP contribution is 2.02. The van der Waals surface area contributed by atoms with Gasteiger partial charge in [0.1, 0.15) is 5.84 Å². The fourth-order valence-corrected chi connectivity index (χ4v) is 1.22. The van der Waals surface area contributed by atoms with Crippen LogP contribution in [0.1, 0.15) is 19.4 Å². The van der Waals surface area contributed by atoms with Gasteiger partial charge in [0.05, 0.1) is 6.20 Å². The maximum absolute atomic E-state index is 8.38. The van der Waals surface area contributed by atoms with Crippen molar-refractivity contribution in [3.05, 3.63) is 18.0 Å². The SMILES string of the molecule is CC(C)Cn1cc(C/C(N)=N/O)cn1. The molecule has 14 heavy (non-hydrogen) atoms. The van der Waals surface area contributed by atoms with Crippen molar-refractivity contribution in [2.45, 2.75) is 26.8 Å². The predicted octanol–water partition coefficient (Wildman–Crippen LogP) is 0.828. The van der Waals surface area contributed by atoms with Gasteiger partial charge in [0.25, 0.3) is 0 Å². The summed E-state index contributed by atoms with van der Waals surface area (Å²) in [5.41, 5.74) is 6.34. The van der Waals surface area contributed by atoms with Crippen LogP contribution in [-0.4, -0.2) is 20.8 Å². The zero-order valence-electron chi connectivity index (χ0n) is 8.51. The number of hydrogen-bond acceptors (Lipinski definition) is 3. The highest BCUT2D eigenvalue weighted by Gasteiger charge is 2.02. The molecule has 0 aliphatic heterocycles. The largest absolute Gasteiger partial charge is 0.409 e. The Morgan fingerprint density at radius 3 is 3.00 bits per heavy atom. The number of nitrogens with two attached hydrogens (primary N) is 1. The monoisotopic (exact) mass is 196 g/mol. The molecule has 78 valence electrons. The lowest BCUT2D eigenvalue weighted by Gasteiger charge is -2.03. The van der Waals surface area contributed by atoms with E-state index < -0.39 is 0 Å². The molecule has 0 aliphatic carbocycles. The molecular weight excluding hydrogens is 180 g/mol. The summed E-state index contributed by atoms with van der Waals surface area (Å²) >= 11 is 0. The van der Waals surface area contributed by atoms with Gasteiger partial charge in [-0.2, -0.15) is 5.10 Å². The molecule has 0 saturated carbocycles. The lowest BCUT2D eigenvalue weighted by Crippen LogP contribution is -2.14. The van der Waals surface area contributed by atoms with Crippen molar-refractivity contribution in [2.75, 3.05) is 0 Å². The third-order valence-electron chi connectivity index (χ3n) is 1.75. The first kappa shape index (κ1) is 10.6. The summed E-state index contributed by atoms with van der Waals surface area (Å²) in [6.07, 6.45) is 4.09. The second-order valence-corrected chi connectivity index (χ2v) is 3.73. The topological polar surface area (TPSA) is 76.4 Å². The minimum atomic E-state index is 0.203. The van der Waals surface area contributed by atoms with Crippen LogP contribution in [0.2, 0.25) is 0 Å². The highest BCUT2D eigenvalue weighted by atomic mass is 16.4. The van der Waals surface area contributed by atoms with Gasteiger partial charge in [-0.25, -0.2) is 0 Å². The fourth-order valence-electron chi connectivity index (χ4n) is 1.22. The van der Waals surface area contributed by atoms with Crippen LogP contribution in [0.25, 0.3) is 0 Å². The van der Waals surface area contributed by atoms with Gasteiger partial charge in [-0.3, -0.25) is 4.68 Å². The summed E-state index contributed by atoms with van der Waals surface area (Å²) in [7, 11) is 0. The lowest BCUT2D eigenvalue weighted by atomic mass is 10.2. The summed E-state index contributed by atoms with van der Waals surface area (Å²) in [5.74, 6) is 0.765. The van der Waals surface area contributed by atoms with Gasteiger partial charge in [0, 0.05) is 19.2 Å². The van der Waals surface area contributed by atoms with Gasteiger partial charge in [-0.05, 0) is 11.5 Å². The molecule has 1 heterocycles. The van der Waals surface area contributed by atoms with E-state index in [2.05, 4.69) is 24.1 Å². The van der Waals surface area contributed by atoms with E-state index in [1.54, 1.807) is 6.20 Å². The van der Waals surface area contributed by atoms with E-state index in [4.69, 9.17) is 10.9 Å². The Morgan fingerprint density at radius 2 is 2.43 bits per heavy atom. The Bertz CT molecular complexity index is 316. The van der Waals surface area contributed by atoms with Crippen molar-refractivity contribution < 1.29 is 5.21 Å². The molecule has 0 atom stereocenters. The number of hydrogen-bond donors (Lipinski definition) is 2. The van der Waals surface area contributed by atoms with E-state index in [0.29, 0.717) is 12.3 Å². The maximum atomic E-state index is 8.38. The average Bonchev–Trinajstić information content (AvgIpc) is 2.51. The summed E-state index contributed by atoms with van der Waals surface area (Å²) in [6, 6.07) is 0. The Labute approximate surface area is 83.2 Å². The molecule has 0 unspecified atom stereocenters. The zero-order chi connectivity index (χ0) is 10.6. The Hall–Kier alpha value is -1.52. The van der Waals surface area contributed by atoms with Crippen molar-refractivity contribution in [2.24, 2.45) is 16.8 Å². The number of aromatic nitrogens is 2.